The number of ether oxygens (including phenoxy) is 3. The minimum Gasteiger partial charge on any atom is -0.364 e. The van der Waals surface area contributed by atoms with Crippen LogP contribution in [0.4, 0.5) is 0 Å². The van der Waals surface area contributed by atoms with Gasteiger partial charge in [-0.15, -0.1) is 0 Å². The molecule has 2 unspecified atom stereocenters. The molecule has 3 aliphatic rings. The Morgan fingerprint density at radius 2 is 2.10 bits per heavy atom. The van der Waals surface area contributed by atoms with E-state index < -0.39 is 0 Å². The van der Waals surface area contributed by atoms with E-state index in [9.17, 15) is 0 Å². The Bertz CT molecular complexity index is 168. The average Bonchev–Trinajstić information content (AvgIpc) is 2.61. The molecule has 0 spiro atoms. The Morgan fingerprint density at radius 1 is 1.20 bits per heavy atom. The molecule has 0 saturated carbocycles. The van der Waals surface area contributed by atoms with Crippen LogP contribution >= 0.6 is 0 Å². The van der Waals surface area contributed by atoms with Gasteiger partial charge in [0.25, 0.3) is 0 Å². The second-order valence-electron chi connectivity index (χ2n) is 3.30. The highest BCUT2D eigenvalue weighted by molar-refractivity contribution is 5.01. The van der Waals surface area contributed by atoms with Gasteiger partial charge >= 0.3 is 0 Å². The molecular formula is C7H10O3. The summed E-state index contributed by atoms with van der Waals surface area (Å²) in [4.78, 5) is 0. The molecule has 3 heteroatoms. The fourth-order valence-corrected chi connectivity index (χ4v) is 1.88. The standard InChI is InChI=1S/C7H10O3/c1-3-4-2-8-7(9-4)6-5(3)10-6/h3-7H,2H2,1H3/t3-,4-,5+,6?,7?/m0/s1. The van der Waals surface area contributed by atoms with Crippen LogP contribution in [0, 0.1) is 5.92 Å². The number of hydrogen-bond donors (Lipinski definition) is 0. The molecule has 0 amide bonds. The Balaban J connectivity index is 1.91. The van der Waals surface area contributed by atoms with Crippen LogP contribution in [0.2, 0.25) is 0 Å². The van der Waals surface area contributed by atoms with Gasteiger partial charge in [-0.2, -0.15) is 0 Å². The van der Waals surface area contributed by atoms with Crippen LogP contribution in [0.1, 0.15) is 6.92 Å². The first-order valence-corrected chi connectivity index (χ1v) is 3.79. The Morgan fingerprint density at radius 3 is 3.00 bits per heavy atom. The quantitative estimate of drug-likeness (QED) is 0.451. The average molecular weight is 142 g/mol. The van der Waals surface area contributed by atoms with E-state index in [1.165, 1.54) is 0 Å². The highest BCUT2D eigenvalue weighted by atomic mass is 16.8. The lowest BCUT2D eigenvalue weighted by molar-refractivity contribution is -0.0870. The fourth-order valence-electron chi connectivity index (χ4n) is 1.88. The third kappa shape index (κ3) is 0.516. The van der Waals surface area contributed by atoms with E-state index >= 15 is 0 Å². The molecular weight excluding hydrogens is 132 g/mol. The van der Waals surface area contributed by atoms with E-state index in [0.29, 0.717) is 18.1 Å². The van der Waals surface area contributed by atoms with Crippen LogP contribution in [0.5, 0.6) is 0 Å². The number of hydrogen-bond acceptors (Lipinski definition) is 3. The van der Waals surface area contributed by atoms with Gasteiger partial charge in [-0.1, -0.05) is 6.92 Å². The molecule has 0 aromatic rings. The van der Waals surface area contributed by atoms with Gasteiger partial charge in [-0.25, -0.2) is 0 Å². The van der Waals surface area contributed by atoms with E-state index in [0.717, 1.165) is 6.61 Å². The van der Waals surface area contributed by atoms with Crippen molar-refractivity contribution in [2.75, 3.05) is 6.61 Å². The predicted octanol–water partition coefficient (Wildman–Crippen LogP) is 0.145. The van der Waals surface area contributed by atoms with Gasteiger partial charge in [0.05, 0.1) is 18.8 Å². The highest BCUT2D eigenvalue weighted by Gasteiger charge is 2.59. The van der Waals surface area contributed by atoms with Crippen molar-refractivity contribution in [2.24, 2.45) is 5.92 Å². The summed E-state index contributed by atoms with van der Waals surface area (Å²) in [6.07, 6.45) is 0.958. The van der Waals surface area contributed by atoms with Crippen molar-refractivity contribution in [1.82, 2.24) is 0 Å². The van der Waals surface area contributed by atoms with E-state index in [1.807, 2.05) is 0 Å². The molecule has 3 aliphatic heterocycles. The topological polar surface area (TPSA) is 31.0 Å². The largest absolute Gasteiger partial charge is 0.364 e. The molecule has 56 valence electrons. The summed E-state index contributed by atoms with van der Waals surface area (Å²) in [7, 11) is 0. The number of rotatable bonds is 0. The lowest BCUT2D eigenvalue weighted by Gasteiger charge is -2.19. The maximum atomic E-state index is 5.52. The minimum absolute atomic E-state index is 0.0359. The van der Waals surface area contributed by atoms with Crippen molar-refractivity contribution in [3.8, 4) is 0 Å². The molecule has 3 rings (SSSR count). The summed E-state index contributed by atoms with van der Waals surface area (Å²) < 4.78 is 16.2. The third-order valence-electron chi connectivity index (χ3n) is 2.67. The zero-order valence-electron chi connectivity index (χ0n) is 5.82. The second kappa shape index (κ2) is 1.55. The van der Waals surface area contributed by atoms with Crippen molar-refractivity contribution in [3.63, 3.8) is 0 Å². The Hall–Kier alpha value is -0.120. The van der Waals surface area contributed by atoms with Crippen LogP contribution in [-0.2, 0) is 14.2 Å². The van der Waals surface area contributed by atoms with Gasteiger partial charge < -0.3 is 14.2 Å². The van der Waals surface area contributed by atoms with Crippen LogP contribution in [0.25, 0.3) is 0 Å². The first-order valence-electron chi connectivity index (χ1n) is 3.79. The molecule has 3 heterocycles. The molecule has 5 atom stereocenters. The summed E-state index contributed by atoms with van der Waals surface area (Å²) in [5.74, 6) is 0.531. The van der Waals surface area contributed by atoms with E-state index in [4.69, 9.17) is 14.2 Å². The van der Waals surface area contributed by atoms with Crippen molar-refractivity contribution in [2.45, 2.75) is 31.5 Å². The zero-order chi connectivity index (χ0) is 6.72. The second-order valence-corrected chi connectivity index (χ2v) is 3.30. The van der Waals surface area contributed by atoms with Crippen LogP contribution < -0.4 is 0 Å². The van der Waals surface area contributed by atoms with Crippen molar-refractivity contribution >= 4 is 0 Å². The molecule has 0 aliphatic carbocycles. The van der Waals surface area contributed by atoms with Gasteiger partial charge in [-0.05, 0) is 0 Å². The smallest absolute Gasteiger partial charge is 0.186 e. The maximum Gasteiger partial charge on any atom is 0.186 e. The zero-order valence-corrected chi connectivity index (χ0v) is 5.82. The molecule has 3 saturated heterocycles. The van der Waals surface area contributed by atoms with E-state index in [1.54, 1.807) is 0 Å². The van der Waals surface area contributed by atoms with Crippen LogP contribution in [-0.4, -0.2) is 31.2 Å². The minimum atomic E-state index is -0.0359. The highest BCUT2D eigenvalue weighted by Crippen LogP contribution is 2.44. The van der Waals surface area contributed by atoms with E-state index in [-0.39, 0.29) is 12.4 Å². The van der Waals surface area contributed by atoms with Crippen LogP contribution in [0.3, 0.4) is 0 Å². The molecule has 3 nitrogen and oxygen atoms in total. The first-order chi connectivity index (χ1) is 4.86. The monoisotopic (exact) mass is 142 g/mol. The van der Waals surface area contributed by atoms with Crippen molar-refractivity contribution in [3.05, 3.63) is 0 Å². The fraction of sp³-hybridized carbons (Fsp3) is 1.00. The van der Waals surface area contributed by atoms with E-state index in [2.05, 4.69) is 6.92 Å². The molecule has 3 fully saturated rings. The summed E-state index contributed by atoms with van der Waals surface area (Å²) in [6.45, 7) is 2.93. The lowest BCUT2D eigenvalue weighted by atomic mass is 9.98. The van der Waals surface area contributed by atoms with Gasteiger partial charge in [0, 0.05) is 5.92 Å². The molecule has 0 N–H and O–H groups in total. The van der Waals surface area contributed by atoms with Gasteiger partial charge in [-0.3, -0.25) is 0 Å². The van der Waals surface area contributed by atoms with Crippen molar-refractivity contribution < 1.29 is 14.2 Å². The maximum absolute atomic E-state index is 5.52. The summed E-state index contributed by atoms with van der Waals surface area (Å²) >= 11 is 0. The van der Waals surface area contributed by atoms with Gasteiger partial charge in [0.1, 0.15) is 6.10 Å². The number of epoxide rings is 1. The van der Waals surface area contributed by atoms with Crippen molar-refractivity contribution in [1.29, 1.82) is 0 Å². The third-order valence-corrected chi connectivity index (χ3v) is 2.67. The summed E-state index contributed by atoms with van der Waals surface area (Å²) in [5, 5.41) is 0. The molecule has 0 aromatic heterocycles. The number of fused-ring (bicyclic) bond motifs is 4. The molecule has 0 aromatic carbocycles. The van der Waals surface area contributed by atoms with Gasteiger partial charge in [0.2, 0.25) is 0 Å². The lowest BCUT2D eigenvalue weighted by Crippen LogP contribution is -2.33. The molecule has 2 bridgehead atoms. The summed E-state index contributed by atoms with van der Waals surface area (Å²) in [6, 6.07) is 0. The van der Waals surface area contributed by atoms with Crippen LogP contribution in [0.15, 0.2) is 0 Å². The first kappa shape index (κ1) is 5.52. The SMILES string of the molecule is C[C@H]1[C@@H]2COC(O2)C2O[C@@H]21. The summed E-state index contributed by atoms with van der Waals surface area (Å²) in [5.41, 5.74) is 0. The Kier molecular flexibility index (Phi) is 0.854. The van der Waals surface area contributed by atoms with Gasteiger partial charge in [0.15, 0.2) is 6.29 Å². The normalized spacial score (nSPS) is 63.9. The predicted molar refractivity (Wildman–Crippen MR) is 32.4 cm³/mol. The molecule has 0 radical (unpaired) electrons. The molecule has 10 heavy (non-hydrogen) atoms. The Labute approximate surface area is 59.3 Å².